The number of hydrogen-bond donors (Lipinski definition) is 2. The summed E-state index contributed by atoms with van der Waals surface area (Å²) in [4.78, 5) is 20.6. The number of rotatable bonds is 3. The maximum absolute atomic E-state index is 14.6. The van der Waals surface area contributed by atoms with Crippen LogP contribution in [0.3, 0.4) is 0 Å². The summed E-state index contributed by atoms with van der Waals surface area (Å²) in [6.45, 7) is 4.31. The molecule has 2 aromatic rings. The van der Waals surface area contributed by atoms with Gasteiger partial charge in [0, 0.05) is 24.0 Å². The number of halogens is 3. The van der Waals surface area contributed by atoms with Gasteiger partial charge in [-0.2, -0.15) is 0 Å². The number of likely N-dealkylation sites (N-methyl/N-ethyl adjacent to an activating group) is 1. The number of amides is 1. The molecule has 29 heavy (non-hydrogen) atoms. The van der Waals surface area contributed by atoms with Crippen LogP contribution in [0.4, 0.5) is 14.5 Å². The number of pyridine rings is 1. The lowest BCUT2D eigenvalue weighted by Gasteiger charge is -2.25. The largest absolute Gasteiger partial charge is 0.386 e. The number of anilines is 1. The molecule has 0 saturated carbocycles. The van der Waals surface area contributed by atoms with Gasteiger partial charge in [0.25, 0.3) is 5.91 Å². The normalized spacial score (nSPS) is 19.4. The third-order valence-electron chi connectivity index (χ3n) is 4.36. The zero-order chi connectivity index (χ0) is 21.3. The van der Waals surface area contributed by atoms with Gasteiger partial charge in [-0.05, 0) is 45.2 Å². The van der Waals surface area contributed by atoms with Crippen LogP contribution in [0, 0.1) is 11.6 Å². The van der Waals surface area contributed by atoms with Crippen LogP contribution in [0.25, 0.3) is 0 Å². The molecule has 1 aromatic carbocycles. The van der Waals surface area contributed by atoms with Gasteiger partial charge >= 0.3 is 0 Å². The Bertz CT molecular complexity index is 985. The fourth-order valence-corrected chi connectivity index (χ4v) is 4.18. The van der Waals surface area contributed by atoms with Gasteiger partial charge in [0.2, 0.25) is 0 Å². The molecule has 0 spiro atoms. The lowest BCUT2D eigenvalue weighted by molar-refractivity contribution is 0.101. The number of nitrogens with one attached hydrogen (secondary N) is 1. The minimum absolute atomic E-state index is 0.0804. The maximum Gasteiger partial charge on any atom is 0.277 e. The first kappa shape index (κ1) is 21.5. The van der Waals surface area contributed by atoms with E-state index >= 15 is 0 Å². The van der Waals surface area contributed by atoms with Crippen molar-refractivity contribution in [1.29, 1.82) is 0 Å². The minimum atomic E-state index is -0.848. The molecule has 0 bridgehead atoms. The number of aliphatic imine (C=N–C) groups is 1. The van der Waals surface area contributed by atoms with E-state index < -0.39 is 34.0 Å². The van der Waals surface area contributed by atoms with Gasteiger partial charge < -0.3 is 11.1 Å². The molecule has 0 fully saturated rings. The average Bonchev–Trinajstić information content (AvgIpc) is 2.71. The van der Waals surface area contributed by atoms with Crippen LogP contribution < -0.4 is 11.1 Å². The van der Waals surface area contributed by atoms with Crippen molar-refractivity contribution in [3.05, 3.63) is 58.4 Å². The smallest absolute Gasteiger partial charge is 0.277 e. The Hall–Kier alpha value is -2.23. The summed E-state index contributed by atoms with van der Waals surface area (Å²) in [5, 5.41) is 2.61. The highest BCUT2D eigenvalue weighted by Crippen LogP contribution is 2.35. The van der Waals surface area contributed by atoms with Crippen LogP contribution in [-0.4, -0.2) is 39.4 Å². The average molecular weight is 440 g/mol. The summed E-state index contributed by atoms with van der Waals surface area (Å²) >= 11 is 7.18. The second kappa shape index (κ2) is 8.25. The van der Waals surface area contributed by atoms with Gasteiger partial charge in [-0.3, -0.25) is 14.1 Å². The van der Waals surface area contributed by atoms with Gasteiger partial charge in [-0.25, -0.2) is 13.8 Å². The molecule has 3 rings (SSSR count). The van der Waals surface area contributed by atoms with E-state index in [4.69, 9.17) is 17.3 Å². The molecule has 3 N–H and O–H groups in total. The van der Waals surface area contributed by atoms with Crippen molar-refractivity contribution in [1.82, 2.24) is 9.29 Å². The van der Waals surface area contributed by atoms with Gasteiger partial charge in [0.05, 0.1) is 15.8 Å². The molecule has 1 aliphatic rings. The quantitative estimate of drug-likeness (QED) is 0.705. The SMILES string of the molecule is CN1C[C@@H](c2cc(NC(=O)c3ncc(Cl)cc3F)ccc2F)N=C(N)C(C)(C)S1. The predicted octanol–water partition coefficient (Wildman–Crippen LogP) is 4.04. The van der Waals surface area contributed by atoms with E-state index in [0.29, 0.717) is 12.4 Å². The van der Waals surface area contributed by atoms with Crippen LogP contribution >= 0.6 is 23.5 Å². The Morgan fingerprint density at radius 3 is 2.76 bits per heavy atom. The van der Waals surface area contributed by atoms with Crippen LogP contribution in [0.2, 0.25) is 5.02 Å². The molecule has 1 amide bonds. The first-order valence-corrected chi connectivity index (χ1v) is 9.88. The number of aromatic nitrogens is 1. The maximum atomic E-state index is 14.6. The number of carbonyl (C=O) groups excluding carboxylic acids is 1. The van der Waals surface area contributed by atoms with E-state index in [0.717, 1.165) is 6.07 Å². The van der Waals surface area contributed by atoms with E-state index in [1.54, 1.807) is 0 Å². The van der Waals surface area contributed by atoms with Gasteiger partial charge in [-0.1, -0.05) is 23.5 Å². The topological polar surface area (TPSA) is 83.6 Å². The standard InChI is InChI=1S/C19H20ClF2N5OS/c1-19(2)18(23)26-15(9-27(3)29-19)12-7-11(4-5-13(12)21)25-17(28)16-14(22)6-10(20)8-24-16/h4-8,15H,9H2,1-3H3,(H2,23,26)(H,25,28)/t15-/m0/s1. The fraction of sp³-hybridized carbons (Fsp3) is 0.316. The molecule has 154 valence electrons. The van der Waals surface area contributed by atoms with Crippen molar-refractivity contribution in [2.45, 2.75) is 24.6 Å². The molecule has 6 nitrogen and oxygen atoms in total. The van der Waals surface area contributed by atoms with Crippen molar-refractivity contribution in [3.8, 4) is 0 Å². The second-order valence-corrected chi connectivity index (χ2v) is 9.38. The summed E-state index contributed by atoms with van der Waals surface area (Å²) < 4.78 is 30.0. The number of amidine groups is 1. The molecule has 0 radical (unpaired) electrons. The van der Waals surface area contributed by atoms with E-state index in [1.807, 2.05) is 25.2 Å². The van der Waals surface area contributed by atoms with Crippen LogP contribution in [0.15, 0.2) is 35.5 Å². The first-order valence-electron chi connectivity index (χ1n) is 8.72. The van der Waals surface area contributed by atoms with E-state index in [2.05, 4.69) is 15.3 Å². The van der Waals surface area contributed by atoms with Gasteiger partial charge in [0.15, 0.2) is 11.5 Å². The number of nitrogens with zero attached hydrogens (tertiary/aromatic N) is 3. The molecular weight excluding hydrogens is 420 g/mol. The van der Waals surface area contributed by atoms with Crippen molar-refractivity contribution < 1.29 is 13.6 Å². The lowest BCUT2D eigenvalue weighted by Crippen LogP contribution is -2.36. The molecule has 0 aliphatic carbocycles. The summed E-state index contributed by atoms with van der Waals surface area (Å²) in [5.74, 6) is -1.69. The zero-order valence-corrected chi connectivity index (χ0v) is 17.6. The monoisotopic (exact) mass is 439 g/mol. The van der Waals surface area contributed by atoms with E-state index in [-0.39, 0.29) is 16.3 Å². The molecular formula is C19H20ClF2N5OS. The Balaban J connectivity index is 1.90. The molecule has 0 unspecified atom stereocenters. The molecule has 1 aromatic heterocycles. The minimum Gasteiger partial charge on any atom is -0.386 e. The van der Waals surface area contributed by atoms with E-state index in [9.17, 15) is 13.6 Å². The summed E-state index contributed by atoms with van der Waals surface area (Å²) in [7, 11) is 1.88. The number of benzene rings is 1. The number of hydrogen-bond acceptors (Lipinski definition) is 6. The van der Waals surface area contributed by atoms with Gasteiger partial charge in [-0.15, -0.1) is 0 Å². The van der Waals surface area contributed by atoms with Crippen LogP contribution in [-0.2, 0) is 0 Å². The van der Waals surface area contributed by atoms with Crippen molar-refractivity contribution in [2.24, 2.45) is 10.7 Å². The molecule has 1 atom stereocenters. The first-order chi connectivity index (χ1) is 13.6. The van der Waals surface area contributed by atoms with Crippen LogP contribution in [0.5, 0.6) is 0 Å². The summed E-state index contributed by atoms with van der Waals surface area (Å²) in [6.07, 6.45) is 1.17. The molecule has 10 heteroatoms. The number of carbonyl (C=O) groups is 1. The summed E-state index contributed by atoms with van der Waals surface area (Å²) in [5.41, 5.74) is 6.28. The highest BCUT2D eigenvalue weighted by molar-refractivity contribution is 7.99. The number of nitrogens with two attached hydrogens (primary N) is 1. The highest BCUT2D eigenvalue weighted by atomic mass is 35.5. The van der Waals surface area contributed by atoms with Crippen molar-refractivity contribution >= 4 is 41.0 Å². The Kier molecular flexibility index (Phi) is 6.11. The second-order valence-electron chi connectivity index (χ2n) is 7.12. The van der Waals surface area contributed by atoms with Gasteiger partial charge in [0.1, 0.15) is 11.7 Å². The predicted molar refractivity (Wildman–Crippen MR) is 112 cm³/mol. The highest BCUT2D eigenvalue weighted by Gasteiger charge is 2.32. The lowest BCUT2D eigenvalue weighted by atomic mass is 10.0. The summed E-state index contributed by atoms with van der Waals surface area (Å²) in [6, 6.07) is 4.52. The fourth-order valence-electron chi connectivity index (χ4n) is 2.90. The van der Waals surface area contributed by atoms with Crippen LogP contribution in [0.1, 0.15) is 35.9 Å². The van der Waals surface area contributed by atoms with Crippen molar-refractivity contribution in [3.63, 3.8) is 0 Å². The molecule has 0 saturated heterocycles. The van der Waals surface area contributed by atoms with Crippen molar-refractivity contribution in [2.75, 3.05) is 18.9 Å². The molecule has 2 heterocycles. The Morgan fingerprint density at radius 2 is 2.07 bits per heavy atom. The third-order valence-corrected chi connectivity index (χ3v) is 5.69. The van der Waals surface area contributed by atoms with E-state index in [1.165, 1.54) is 36.3 Å². The Labute approximate surface area is 176 Å². The zero-order valence-electron chi connectivity index (χ0n) is 16.0. The third kappa shape index (κ3) is 4.85. The Morgan fingerprint density at radius 1 is 1.34 bits per heavy atom. The molecule has 1 aliphatic heterocycles.